The first-order chi connectivity index (χ1) is 1.00. The third-order valence-corrected chi connectivity index (χ3v) is 0. The third-order valence-electron chi connectivity index (χ3n) is 0. The Balaban J connectivity index is -0.000000000833. The van der Waals surface area contributed by atoms with E-state index < -0.39 is 0 Å². The van der Waals surface area contributed by atoms with Crippen LogP contribution >= 0.6 is 0 Å². The average molecular weight is 503 g/mol. The van der Waals surface area contributed by atoms with Crippen LogP contribution in [0, 0.1) is 35.6 Å². The summed E-state index contributed by atoms with van der Waals surface area (Å²) in [6, 6.07) is 0. The van der Waals surface area contributed by atoms with E-state index in [9.17, 15) is 0 Å². The average Bonchev–Trinajstić information content (AvgIpc) is 1.00. The van der Waals surface area contributed by atoms with Gasteiger partial charge in [0.2, 0.25) is 0 Å². The van der Waals surface area contributed by atoms with Gasteiger partial charge in [0.1, 0.15) is 0 Å². The molecule has 0 heterocycles. The molecule has 0 spiro atoms. The zero-order valence-electron chi connectivity index (χ0n) is 4.14. The minimum atomic E-state index is 0. The van der Waals surface area contributed by atoms with Gasteiger partial charge in [0.25, 0.3) is 0 Å². The maximum atomic E-state index is 8.36. The second kappa shape index (κ2) is 16.1. The van der Waals surface area contributed by atoms with Crippen molar-refractivity contribution in [2.45, 2.75) is 0 Å². The van der Waals surface area contributed by atoms with E-state index in [4.69, 9.17) is 2.81 Å². The molecule has 2 radical (unpaired) electrons. The van der Waals surface area contributed by atoms with Crippen LogP contribution in [0.15, 0.2) is 0 Å². The summed E-state index contributed by atoms with van der Waals surface area (Å²) in [5.74, 6) is 0. The van der Waals surface area contributed by atoms with Crippen LogP contribution in [0.3, 0.4) is 0 Å². The van der Waals surface area contributed by atoms with E-state index in [2.05, 4.69) is 0 Å². The first-order valence-electron chi connectivity index (χ1n) is 0.183. The first kappa shape index (κ1) is 15.7. The molecule has 1 nitrogen and oxygen atoms in total. The Kier molecular flexibility index (Phi) is 63.0. The van der Waals surface area contributed by atoms with Crippen molar-refractivity contribution >= 4 is 73.6 Å². The molecule has 0 N–H and O–H groups in total. The summed E-state index contributed by atoms with van der Waals surface area (Å²) < 4.78 is 8.36. The molecule has 0 aromatic carbocycles. The number of rotatable bonds is 0. The topological polar surface area (TPSA) is 17.1 Å². The molecule has 0 aromatic heterocycles. The molecule has 0 saturated carbocycles. The second-order valence-electron chi connectivity index (χ2n) is 0. The molecule has 0 aliphatic heterocycles. The number of hydrogen-bond donors (Lipinski definition) is 0. The molecule has 0 aromatic rings. The molecule has 0 saturated heterocycles. The molecule has 0 aliphatic rings. The van der Waals surface area contributed by atoms with Crippen LogP contribution in [0.2, 0.25) is 0 Å². The molecule has 0 rings (SSSR count). The summed E-state index contributed by atoms with van der Waals surface area (Å²) in [7, 11) is 0. The summed E-state index contributed by atoms with van der Waals surface area (Å²) in [6.07, 6.45) is 0. The molecule has 0 aliphatic carbocycles. The summed E-state index contributed by atoms with van der Waals surface area (Å²) in [5.41, 5.74) is 0. The van der Waals surface area contributed by atoms with Crippen molar-refractivity contribution in [3.8, 4) is 0 Å². The van der Waals surface area contributed by atoms with Crippen molar-refractivity contribution in [3.05, 3.63) is 0 Å². The van der Waals surface area contributed by atoms with Crippen molar-refractivity contribution in [3.63, 3.8) is 0 Å². The van der Waals surface area contributed by atoms with Gasteiger partial charge in [-0.1, -0.05) is 0 Å². The summed E-state index contributed by atoms with van der Waals surface area (Å²) in [5, 5.41) is 0. The van der Waals surface area contributed by atoms with Gasteiger partial charge in [-0.3, -0.25) is 0 Å². The van der Waals surface area contributed by atoms with Crippen molar-refractivity contribution in [1.82, 2.24) is 0 Å². The predicted octanol–water partition coefficient (Wildman–Crippen LogP) is -0.655. The zero-order valence-corrected chi connectivity index (χ0v) is 13.7. The SMILES string of the molecule is [Ba+2].[H-].[H-].[La].[O]=[Bi]. The van der Waals surface area contributed by atoms with Crippen molar-refractivity contribution < 1.29 is 41.3 Å². The third kappa shape index (κ3) is 9.07. The molecule has 18 valence electrons. The zero-order chi connectivity index (χ0) is 2.00. The van der Waals surface area contributed by atoms with E-state index in [1.807, 2.05) is 0 Å². The Labute approximate surface area is 112 Å². The fourth-order valence-corrected chi connectivity index (χ4v) is 0. The molecule has 0 atom stereocenters. The molecular formula is H2BaBiLaO. The molecule has 0 bridgehead atoms. The van der Waals surface area contributed by atoms with Gasteiger partial charge in [-0.15, -0.1) is 0 Å². The van der Waals surface area contributed by atoms with Gasteiger partial charge < -0.3 is 2.85 Å². The molecular weight excluding hydrogens is 501 g/mol. The van der Waals surface area contributed by atoms with Gasteiger partial charge in [0, 0.05) is 35.6 Å². The summed E-state index contributed by atoms with van der Waals surface area (Å²) in [6.45, 7) is 0. The molecule has 0 fully saturated rings. The van der Waals surface area contributed by atoms with Gasteiger partial charge >= 0.3 is 76.4 Å². The predicted molar refractivity (Wildman–Crippen MR) is 14.4 cm³/mol. The quantitative estimate of drug-likeness (QED) is 0.402. The van der Waals surface area contributed by atoms with Gasteiger partial charge in [-0.05, 0) is 0 Å². The Morgan fingerprint density at radius 2 is 1.50 bits per heavy atom. The Morgan fingerprint density at radius 1 is 1.50 bits per heavy atom. The summed E-state index contributed by atoms with van der Waals surface area (Å²) >= 11 is 0.194. The first-order valence-corrected chi connectivity index (χ1v) is 1.60. The normalized spacial score (nSPS) is 1.00. The monoisotopic (exact) mass is 504 g/mol. The standard InChI is InChI=1S/Ba.Bi.La.O.2H/q+2;;;;2*-1. The Morgan fingerprint density at radius 3 is 1.50 bits per heavy atom. The van der Waals surface area contributed by atoms with Crippen LogP contribution in [0.1, 0.15) is 2.85 Å². The fourth-order valence-electron chi connectivity index (χ4n) is 0. The van der Waals surface area contributed by atoms with E-state index >= 15 is 0 Å². The van der Waals surface area contributed by atoms with Crippen LogP contribution < -0.4 is 0 Å². The van der Waals surface area contributed by atoms with Crippen molar-refractivity contribution in [1.29, 1.82) is 0 Å². The summed E-state index contributed by atoms with van der Waals surface area (Å²) in [4.78, 5) is 0. The molecule has 4 heteroatoms. The van der Waals surface area contributed by atoms with Gasteiger partial charge in [-0.25, -0.2) is 0 Å². The van der Waals surface area contributed by atoms with Crippen molar-refractivity contribution in [2.75, 3.05) is 0 Å². The van der Waals surface area contributed by atoms with E-state index in [1.165, 1.54) is 0 Å². The molecule has 0 amide bonds. The fraction of sp³-hybridized carbons (Fsp3) is 0. The van der Waals surface area contributed by atoms with E-state index in [0.29, 0.717) is 0 Å². The second-order valence-corrected chi connectivity index (χ2v) is 0. The molecule has 4 heavy (non-hydrogen) atoms. The van der Waals surface area contributed by atoms with Gasteiger partial charge in [0.05, 0.1) is 0 Å². The van der Waals surface area contributed by atoms with Crippen LogP contribution in [0.25, 0.3) is 0 Å². The number of hydrogen-bond acceptors (Lipinski definition) is 1. The van der Waals surface area contributed by atoms with E-state index in [-0.39, 0.29) is 112 Å². The van der Waals surface area contributed by atoms with Gasteiger partial charge in [0.15, 0.2) is 0 Å². The van der Waals surface area contributed by atoms with E-state index in [1.54, 1.807) is 0 Å². The van der Waals surface area contributed by atoms with E-state index in [0.717, 1.165) is 0 Å². The molecule has 0 unspecified atom stereocenters. The Bertz CT molecular complexity index is 13.5. The van der Waals surface area contributed by atoms with Crippen molar-refractivity contribution in [2.24, 2.45) is 0 Å². The van der Waals surface area contributed by atoms with Crippen LogP contribution in [-0.4, -0.2) is 73.6 Å². The van der Waals surface area contributed by atoms with Crippen LogP contribution in [0.5, 0.6) is 0 Å². The van der Waals surface area contributed by atoms with Crippen LogP contribution in [0.4, 0.5) is 0 Å². The Hall–Kier alpha value is 3.45. The van der Waals surface area contributed by atoms with Gasteiger partial charge in [-0.2, -0.15) is 0 Å². The minimum absolute atomic E-state index is 0. The van der Waals surface area contributed by atoms with Crippen LogP contribution in [-0.2, 0) is 2.81 Å². The maximum absolute atomic E-state index is 8.36.